The van der Waals surface area contributed by atoms with Crippen molar-refractivity contribution in [3.63, 3.8) is 0 Å². The molecule has 0 radical (unpaired) electrons. The van der Waals surface area contributed by atoms with Crippen molar-refractivity contribution in [1.29, 1.82) is 0 Å². The Balaban J connectivity index is 1.73. The van der Waals surface area contributed by atoms with Gasteiger partial charge in [0.1, 0.15) is 0 Å². The number of nitrogens with zero attached hydrogens (tertiary/aromatic N) is 1. The van der Waals surface area contributed by atoms with Gasteiger partial charge in [-0.05, 0) is 17.5 Å². The van der Waals surface area contributed by atoms with Gasteiger partial charge in [-0.2, -0.15) is 0 Å². The molecule has 3 aromatic carbocycles. The van der Waals surface area contributed by atoms with Gasteiger partial charge < -0.3 is 0 Å². The van der Waals surface area contributed by atoms with Gasteiger partial charge in [-0.1, -0.05) is 84.9 Å². The van der Waals surface area contributed by atoms with Crippen molar-refractivity contribution in [1.82, 2.24) is 0 Å². The summed E-state index contributed by atoms with van der Waals surface area (Å²) in [4.78, 5) is 31.8. The summed E-state index contributed by atoms with van der Waals surface area (Å²) in [5, 5.41) is 0. The average molecular weight is 351 g/mol. The van der Waals surface area contributed by atoms with Crippen molar-refractivity contribution in [2.24, 2.45) is 4.99 Å². The lowest BCUT2D eigenvalue weighted by Gasteiger charge is -2.26. The Hall–Kier alpha value is -3.33. The molecule has 1 spiro atoms. The molecule has 0 aromatic heterocycles. The molecular formula is C24H17NO2. The molecule has 3 nitrogen and oxygen atoms in total. The number of carbonyl (C=O) groups is 2. The van der Waals surface area contributed by atoms with Crippen LogP contribution in [-0.2, 0) is 0 Å². The van der Waals surface area contributed by atoms with Crippen LogP contribution in [0.3, 0.4) is 0 Å². The Morgan fingerprint density at radius 2 is 1.22 bits per heavy atom. The van der Waals surface area contributed by atoms with Crippen LogP contribution in [0.5, 0.6) is 0 Å². The highest BCUT2D eigenvalue weighted by Gasteiger charge is 2.60. The summed E-state index contributed by atoms with van der Waals surface area (Å²) >= 11 is 0. The molecule has 1 aliphatic carbocycles. The van der Waals surface area contributed by atoms with Gasteiger partial charge in [0.25, 0.3) is 0 Å². The van der Waals surface area contributed by atoms with Crippen LogP contribution >= 0.6 is 0 Å². The fourth-order valence-corrected chi connectivity index (χ4v) is 4.35. The normalized spacial score (nSPS) is 20.0. The third kappa shape index (κ3) is 2.18. The maximum absolute atomic E-state index is 13.5. The quantitative estimate of drug-likeness (QED) is 0.639. The first kappa shape index (κ1) is 15.9. The molecular weight excluding hydrogens is 334 g/mol. The lowest BCUT2D eigenvalue weighted by atomic mass is 9.76. The van der Waals surface area contributed by atoms with Crippen LogP contribution in [0.15, 0.2) is 89.9 Å². The number of hydrogen-bond donors (Lipinski definition) is 0. The van der Waals surface area contributed by atoms with E-state index in [9.17, 15) is 9.59 Å². The number of benzene rings is 3. The topological polar surface area (TPSA) is 46.5 Å². The second kappa shape index (κ2) is 5.85. The largest absolute Gasteiger partial charge is 0.291 e. The lowest BCUT2D eigenvalue weighted by molar-refractivity contribution is 0.0786. The third-order valence-corrected chi connectivity index (χ3v) is 5.63. The molecule has 0 saturated heterocycles. The number of aliphatic imine (C=N–C) groups is 1. The first-order chi connectivity index (χ1) is 13.2. The molecule has 0 amide bonds. The molecule has 1 heterocycles. The van der Waals surface area contributed by atoms with Gasteiger partial charge >= 0.3 is 0 Å². The van der Waals surface area contributed by atoms with Crippen molar-refractivity contribution in [2.45, 2.75) is 17.9 Å². The molecule has 27 heavy (non-hydrogen) atoms. The minimum absolute atomic E-state index is 0.178. The Morgan fingerprint density at radius 3 is 1.81 bits per heavy atom. The number of rotatable bonds is 2. The molecule has 0 N–H and O–H groups in total. The number of Topliss-reactive ketones (excluding diaryl/α,β-unsaturated/α-hetero) is 2. The molecule has 130 valence electrons. The summed E-state index contributed by atoms with van der Waals surface area (Å²) in [6.07, 6.45) is 0.569. The van der Waals surface area contributed by atoms with Crippen molar-refractivity contribution >= 4 is 17.3 Å². The van der Waals surface area contributed by atoms with Crippen molar-refractivity contribution in [2.75, 3.05) is 0 Å². The molecule has 3 aromatic rings. The van der Waals surface area contributed by atoms with Crippen molar-refractivity contribution in [3.8, 4) is 0 Å². The molecule has 1 atom stereocenters. The van der Waals surface area contributed by atoms with Gasteiger partial charge in [-0.25, -0.2) is 0 Å². The highest BCUT2D eigenvalue weighted by molar-refractivity contribution is 6.35. The zero-order valence-electron chi connectivity index (χ0n) is 14.6. The SMILES string of the molecule is O=C1c2ccccc2C(=O)C12N=C(c1ccccc1)C[C@@H]2c1ccccc1. The van der Waals surface area contributed by atoms with E-state index in [1.165, 1.54) is 0 Å². The van der Waals surface area contributed by atoms with Gasteiger partial charge in [0.05, 0.1) is 0 Å². The zero-order valence-corrected chi connectivity index (χ0v) is 14.6. The van der Waals surface area contributed by atoms with Gasteiger partial charge in [0.2, 0.25) is 0 Å². The van der Waals surface area contributed by atoms with Crippen LogP contribution in [0.4, 0.5) is 0 Å². The highest BCUT2D eigenvalue weighted by atomic mass is 16.2. The molecule has 0 fully saturated rings. The van der Waals surface area contributed by atoms with E-state index in [2.05, 4.69) is 0 Å². The van der Waals surface area contributed by atoms with Crippen molar-refractivity contribution in [3.05, 3.63) is 107 Å². The molecule has 0 unspecified atom stereocenters. The summed E-state index contributed by atoms with van der Waals surface area (Å²) in [6.45, 7) is 0. The summed E-state index contributed by atoms with van der Waals surface area (Å²) in [5.41, 5.74) is 2.35. The fourth-order valence-electron chi connectivity index (χ4n) is 4.35. The molecule has 5 rings (SSSR count). The average Bonchev–Trinajstić information content (AvgIpc) is 3.24. The van der Waals surface area contributed by atoms with E-state index in [4.69, 9.17) is 4.99 Å². The van der Waals surface area contributed by atoms with Crippen LogP contribution in [0.2, 0.25) is 0 Å². The van der Waals surface area contributed by atoms with E-state index >= 15 is 0 Å². The molecule has 0 bridgehead atoms. The number of hydrogen-bond acceptors (Lipinski definition) is 3. The third-order valence-electron chi connectivity index (χ3n) is 5.63. The fraction of sp³-hybridized carbons (Fsp3) is 0.125. The Morgan fingerprint density at radius 1 is 0.704 bits per heavy atom. The molecule has 3 heteroatoms. The standard InChI is InChI=1S/C24H17NO2/c26-22-18-13-7-8-14-19(18)23(27)24(22)20(16-9-3-1-4-10-16)15-21(25-24)17-11-5-2-6-12-17/h1-14,20H,15H2/t20-/m1/s1. The second-order valence-corrected chi connectivity index (χ2v) is 7.06. The lowest BCUT2D eigenvalue weighted by Crippen LogP contribution is -2.42. The van der Waals surface area contributed by atoms with Gasteiger partial charge in [-0.15, -0.1) is 0 Å². The Bertz CT molecular complexity index is 1050. The van der Waals surface area contributed by atoms with E-state index in [0.717, 1.165) is 16.8 Å². The predicted octanol–water partition coefficient (Wildman–Crippen LogP) is 4.48. The van der Waals surface area contributed by atoms with E-state index < -0.39 is 5.54 Å². The van der Waals surface area contributed by atoms with E-state index in [1.54, 1.807) is 24.3 Å². The van der Waals surface area contributed by atoms with E-state index in [1.807, 2.05) is 60.7 Å². The highest BCUT2D eigenvalue weighted by Crippen LogP contribution is 2.49. The van der Waals surface area contributed by atoms with Crippen LogP contribution < -0.4 is 0 Å². The van der Waals surface area contributed by atoms with Gasteiger partial charge in [0.15, 0.2) is 17.1 Å². The smallest absolute Gasteiger partial charge is 0.199 e. The molecule has 0 saturated carbocycles. The van der Waals surface area contributed by atoms with Crippen LogP contribution in [0, 0.1) is 0 Å². The first-order valence-electron chi connectivity index (χ1n) is 9.09. The predicted molar refractivity (Wildman–Crippen MR) is 105 cm³/mol. The minimum atomic E-state index is -1.38. The van der Waals surface area contributed by atoms with Crippen molar-refractivity contribution < 1.29 is 9.59 Å². The number of ketones is 2. The Kier molecular flexibility index (Phi) is 3.44. The summed E-state index contributed by atoms with van der Waals surface area (Å²) in [6, 6.07) is 26.7. The van der Waals surface area contributed by atoms with Gasteiger partial charge in [0, 0.05) is 22.8 Å². The zero-order chi connectivity index (χ0) is 18.4. The summed E-state index contributed by atoms with van der Waals surface area (Å²) in [5.74, 6) is -0.646. The Labute approximate surface area is 157 Å². The summed E-state index contributed by atoms with van der Waals surface area (Å²) < 4.78 is 0. The van der Waals surface area contributed by atoms with Crippen LogP contribution in [0.1, 0.15) is 44.2 Å². The maximum atomic E-state index is 13.5. The maximum Gasteiger partial charge on any atom is 0.199 e. The second-order valence-electron chi connectivity index (χ2n) is 7.06. The van der Waals surface area contributed by atoms with E-state index in [-0.39, 0.29) is 17.5 Å². The number of fused-ring (bicyclic) bond motifs is 1. The first-order valence-corrected chi connectivity index (χ1v) is 9.09. The van der Waals surface area contributed by atoms with Crippen LogP contribution in [0.25, 0.3) is 0 Å². The van der Waals surface area contributed by atoms with Crippen LogP contribution in [-0.4, -0.2) is 22.8 Å². The molecule has 2 aliphatic rings. The van der Waals surface area contributed by atoms with E-state index in [0.29, 0.717) is 17.5 Å². The number of carbonyl (C=O) groups excluding carboxylic acids is 2. The van der Waals surface area contributed by atoms with Gasteiger partial charge in [-0.3, -0.25) is 14.6 Å². The minimum Gasteiger partial charge on any atom is -0.291 e. The summed E-state index contributed by atoms with van der Waals surface area (Å²) in [7, 11) is 0. The monoisotopic (exact) mass is 351 g/mol. The molecule has 1 aliphatic heterocycles.